The van der Waals surface area contributed by atoms with Crippen molar-refractivity contribution in [3.8, 4) is 0 Å². The van der Waals surface area contributed by atoms with Crippen molar-refractivity contribution < 1.29 is 19.4 Å². The number of aliphatic hydroxyl groups excluding tert-OH is 1. The summed E-state index contributed by atoms with van der Waals surface area (Å²) in [5.74, 6) is -1.91. The van der Waals surface area contributed by atoms with Crippen molar-refractivity contribution in [2.45, 2.75) is 44.8 Å². The van der Waals surface area contributed by atoms with Crippen LogP contribution in [0.3, 0.4) is 0 Å². The quantitative estimate of drug-likeness (QED) is 0.580. The highest BCUT2D eigenvalue weighted by atomic mass is 16.5. The summed E-state index contributed by atoms with van der Waals surface area (Å²) in [6, 6.07) is -0.304. The van der Waals surface area contributed by atoms with Gasteiger partial charge in [-0.3, -0.25) is 9.59 Å². The average molecular weight is 254 g/mol. The fourth-order valence-electron chi connectivity index (χ4n) is 2.42. The number of ether oxygens (including phenoxy) is 1. The fourth-order valence-corrected chi connectivity index (χ4v) is 2.42. The number of rotatable bonds is 3. The molecule has 2 aliphatic rings. The van der Waals surface area contributed by atoms with Crippen LogP contribution in [-0.4, -0.2) is 47.0 Å². The number of carbonyl (C=O) groups is 2. The molecule has 0 radical (unpaired) electrons. The summed E-state index contributed by atoms with van der Waals surface area (Å²) in [5, 5.41) is 15.1. The predicted molar refractivity (Wildman–Crippen MR) is 63.7 cm³/mol. The number of hydrogen-bond acceptors (Lipinski definition) is 5. The molecule has 1 N–H and O–H groups in total. The minimum atomic E-state index is -0.945. The fraction of sp³-hybridized carbons (Fsp3) is 0.750. The summed E-state index contributed by atoms with van der Waals surface area (Å²) in [6.45, 7) is 1.93. The molecule has 1 fully saturated rings. The zero-order valence-corrected chi connectivity index (χ0v) is 10.4. The number of hydrogen-bond donors (Lipinski definition) is 1. The highest BCUT2D eigenvalue weighted by Crippen LogP contribution is 2.26. The first kappa shape index (κ1) is 13.0. The Kier molecular flexibility index (Phi) is 3.96. The van der Waals surface area contributed by atoms with E-state index in [0.717, 1.165) is 19.3 Å². The summed E-state index contributed by atoms with van der Waals surface area (Å²) in [4.78, 5) is 23.6. The molecule has 1 amide bonds. The molecule has 100 valence electrons. The Morgan fingerprint density at radius 1 is 1.56 bits per heavy atom. The highest BCUT2D eigenvalue weighted by molar-refractivity contribution is 6.13. The smallest absolute Gasteiger partial charge is 0.324 e. The maximum Gasteiger partial charge on any atom is 0.324 e. The summed E-state index contributed by atoms with van der Waals surface area (Å²) < 4.78 is 4.82. The van der Waals surface area contributed by atoms with Crippen molar-refractivity contribution in [2.24, 2.45) is 11.0 Å². The Morgan fingerprint density at radius 2 is 2.28 bits per heavy atom. The van der Waals surface area contributed by atoms with Crippen molar-refractivity contribution in [1.29, 1.82) is 0 Å². The van der Waals surface area contributed by atoms with E-state index in [2.05, 4.69) is 5.10 Å². The summed E-state index contributed by atoms with van der Waals surface area (Å²) in [5.41, 5.74) is 0. The first-order chi connectivity index (χ1) is 8.65. The number of esters is 1. The molecule has 3 unspecified atom stereocenters. The molecule has 2 rings (SSSR count). The Hall–Kier alpha value is -1.43. The van der Waals surface area contributed by atoms with E-state index >= 15 is 0 Å². The van der Waals surface area contributed by atoms with Crippen LogP contribution in [-0.2, 0) is 14.3 Å². The Labute approximate surface area is 106 Å². The molecule has 1 heterocycles. The molecular formula is C12H18N2O4. The maximum atomic E-state index is 12.1. The molecule has 6 nitrogen and oxygen atoms in total. The molecule has 0 spiro atoms. The molecule has 3 atom stereocenters. The largest absolute Gasteiger partial charge is 0.465 e. The van der Waals surface area contributed by atoms with Crippen LogP contribution in [0.2, 0.25) is 0 Å². The van der Waals surface area contributed by atoms with Crippen molar-refractivity contribution in [3.63, 3.8) is 0 Å². The molecule has 6 heteroatoms. The van der Waals surface area contributed by atoms with E-state index in [0.29, 0.717) is 6.42 Å². The molecule has 0 aromatic rings. The molecule has 1 aliphatic carbocycles. The lowest BCUT2D eigenvalue weighted by atomic mass is 9.92. The first-order valence-corrected chi connectivity index (χ1v) is 6.37. The van der Waals surface area contributed by atoms with Gasteiger partial charge in [-0.15, -0.1) is 0 Å². The van der Waals surface area contributed by atoms with E-state index in [4.69, 9.17) is 4.74 Å². The third-order valence-electron chi connectivity index (χ3n) is 3.38. The topological polar surface area (TPSA) is 79.2 Å². The van der Waals surface area contributed by atoms with Crippen LogP contribution in [0.15, 0.2) is 5.10 Å². The molecule has 1 saturated carbocycles. The number of amides is 1. The minimum Gasteiger partial charge on any atom is -0.465 e. The van der Waals surface area contributed by atoms with E-state index in [9.17, 15) is 14.7 Å². The molecule has 1 aliphatic heterocycles. The van der Waals surface area contributed by atoms with Gasteiger partial charge in [0.25, 0.3) is 5.91 Å². The summed E-state index contributed by atoms with van der Waals surface area (Å²) in [6.07, 6.45) is 4.08. The monoisotopic (exact) mass is 254 g/mol. The number of carbonyl (C=O) groups excluding carboxylic acids is 2. The van der Waals surface area contributed by atoms with Crippen molar-refractivity contribution >= 4 is 18.1 Å². The van der Waals surface area contributed by atoms with Crippen LogP contribution < -0.4 is 0 Å². The van der Waals surface area contributed by atoms with E-state index < -0.39 is 18.0 Å². The minimum absolute atomic E-state index is 0.239. The van der Waals surface area contributed by atoms with Crippen LogP contribution >= 0.6 is 0 Å². The van der Waals surface area contributed by atoms with Gasteiger partial charge in [0.05, 0.1) is 18.8 Å². The zero-order chi connectivity index (χ0) is 13.1. The second-order valence-corrected chi connectivity index (χ2v) is 4.60. The molecule has 18 heavy (non-hydrogen) atoms. The van der Waals surface area contributed by atoms with Gasteiger partial charge in [-0.2, -0.15) is 5.10 Å². The van der Waals surface area contributed by atoms with E-state index in [1.807, 2.05) is 0 Å². The van der Waals surface area contributed by atoms with Crippen LogP contribution in [0, 0.1) is 5.92 Å². The van der Waals surface area contributed by atoms with Crippen molar-refractivity contribution in [3.05, 3.63) is 0 Å². The van der Waals surface area contributed by atoms with Gasteiger partial charge >= 0.3 is 5.97 Å². The lowest BCUT2D eigenvalue weighted by molar-refractivity contribution is -0.152. The van der Waals surface area contributed by atoms with Gasteiger partial charge in [-0.25, -0.2) is 5.01 Å². The molecular weight excluding hydrogens is 236 g/mol. The Balaban J connectivity index is 2.03. The normalized spacial score (nSPS) is 31.8. The lowest BCUT2D eigenvalue weighted by Gasteiger charge is -2.32. The average Bonchev–Trinajstić information content (AvgIpc) is 2.72. The molecule has 0 aromatic heterocycles. The third kappa shape index (κ3) is 2.38. The predicted octanol–water partition coefficient (Wildman–Crippen LogP) is 0.297. The number of aliphatic hydroxyl groups is 1. The van der Waals surface area contributed by atoms with Gasteiger partial charge in [0, 0.05) is 6.21 Å². The zero-order valence-electron chi connectivity index (χ0n) is 10.4. The van der Waals surface area contributed by atoms with Gasteiger partial charge in [-0.1, -0.05) is 12.8 Å². The third-order valence-corrected chi connectivity index (χ3v) is 3.38. The number of nitrogens with zero attached hydrogens (tertiary/aromatic N) is 2. The van der Waals surface area contributed by atoms with Gasteiger partial charge in [0.15, 0.2) is 5.92 Å². The van der Waals surface area contributed by atoms with Crippen molar-refractivity contribution in [1.82, 2.24) is 5.01 Å². The highest BCUT2D eigenvalue weighted by Gasteiger charge is 2.41. The van der Waals surface area contributed by atoms with E-state index in [1.165, 1.54) is 11.2 Å². The molecule has 0 saturated heterocycles. The molecule has 0 bridgehead atoms. The van der Waals surface area contributed by atoms with Crippen LogP contribution in [0.1, 0.15) is 32.6 Å². The Bertz CT molecular complexity index is 369. The lowest BCUT2D eigenvalue weighted by Crippen LogP contribution is -2.46. The standard InChI is InChI=1S/C12H18N2O4/c1-2-18-12(17)8-7-13-14(11(8)16)9-5-3-4-6-10(9)15/h7-10,15H,2-6H2,1H3. The van der Waals surface area contributed by atoms with Crippen LogP contribution in [0.25, 0.3) is 0 Å². The SMILES string of the molecule is CCOC(=O)C1C=NN(C2CCCCC2O)C1=O. The van der Waals surface area contributed by atoms with Gasteiger partial charge in [0.2, 0.25) is 0 Å². The van der Waals surface area contributed by atoms with Crippen molar-refractivity contribution in [2.75, 3.05) is 6.61 Å². The maximum absolute atomic E-state index is 12.1. The van der Waals surface area contributed by atoms with E-state index in [-0.39, 0.29) is 18.6 Å². The van der Waals surface area contributed by atoms with Gasteiger partial charge in [0.1, 0.15) is 0 Å². The van der Waals surface area contributed by atoms with Crippen LogP contribution in [0.5, 0.6) is 0 Å². The number of hydrazone groups is 1. The summed E-state index contributed by atoms with van der Waals surface area (Å²) >= 11 is 0. The van der Waals surface area contributed by atoms with E-state index in [1.54, 1.807) is 6.92 Å². The second kappa shape index (κ2) is 5.48. The first-order valence-electron chi connectivity index (χ1n) is 6.37. The van der Waals surface area contributed by atoms with Gasteiger partial charge in [-0.05, 0) is 19.8 Å². The van der Waals surface area contributed by atoms with Crippen LogP contribution in [0.4, 0.5) is 0 Å². The summed E-state index contributed by atoms with van der Waals surface area (Å²) in [7, 11) is 0. The Morgan fingerprint density at radius 3 is 2.94 bits per heavy atom. The molecule has 0 aromatic carbocycles. The van der Waals surface area contributed by atoms with Gasteiger partial charge < -0.3 is 9.84 Å². The second-order valence-electron chi connectivity index (χ2n) is 4.60.